The minimum Gasteiger partial charge on any atom is -0.309 e. The quantitative estimate of drug-likeness (QED) is 0.609. The van der Waals surface area contributed by atoms with Crippen LogP contribution >= 0.6 is 0 Å². The first-order valence-corrected chi connectivity index (χ1v) is 3.46. The van der Waals surface area contributed by atoms with Gasteiger partial charge in [-0.05, 0) is 19.0 Å². The molecule has 1 N–H and O–H groups in total. The Morgan fingerprint density at radius 2 is 2.50 bits per heavy atom. The fraction of sp³-hybridized carbons (Fsp3) is 0.429. The van der Waals surface area contributed by atoms with Gasteiger partial charge in [0.1, 0.15) is 6.33 Å². The molecule has 1 aromatic rings. The van der Waals surface area contributed by atoms with Crippen molar-refractivity contribution in [2.24, 2.45) is 0 Å². The Balaban J connectivity index is 2.18. The molecule has 0 spiro atoms. The van der Waals surface area contributed by atoms with Gasteiger partial charge in [-0.3, -0.25) is 0 Å². The van der Waals surface area contributed by atoms with Crippen LogP contribution in [0.3, 0.4) is 0 Å². The molecule has 0 bridgehead atoms. The van der Waals surface area contributed by atoms with Crippen molar-refractivity contribution in [2.45, 2.75) is 12.5 Å². The Bertz CT molecular complexity index is 205. The summed E-state index contributed by atoms with van der Waals surface area (Å²) in [5.41, 5.74) is 1.11. The van der Waals surface area contributed by atoms with Gasteiger partial charge in [-0.15, -0.1) is 0 Å². The number of hydrogen-bond donors (Lipinski definition) is 1. The lowest BCUT2D eigenvalue weighted by Gasteiger charge is -2.26. The minimum absolute atomic E-state index is 0.489. The molecule has 1 aromatic heterocycles. The first-order valence-electron chi connectivity index (χ1n) is 3.46. The smallest absolute Gasteiger partial charge is 0.115 e. The van der Waals surface area contributed by atoms with Crippen LogP contribution in [0.5, 0.6) is 0 Å². The predicted molar refractivity (Wildman–Crippen MR) is 37.4 cm³/mol. The second kappa shape index (κ2) is 2.34. The van der Waals surface area contributed by atoms with Crippen molar-refractivity contribution in [1.29, 1.82) is 0 Å². The Labute approximate surface area is 59.5 Å². The van der Waals surface area contributed by atoms with Crippen molar-refractivity contribution in [3.8, 4) is 0 Å². The van der Waals surface area contributed by atoms with Crippen LogP contribution in [0.1, 0.15) is 18.2 Å². The number of nitrogens with one attached hydrogen (secondary N) is 1. The van der Waals surface area contributed by atoms with E-state index in [-0.39, 0.29) is 0 Å². The van der Waals surface area contributed by atoms with Gasteiger partial charge < -0.3 is 5.32 Å². The summed E-state index contributed by atoms with van der Waals surface area (Å²) in [6, 6.07) is 2.44. The Kier molecular flexibility index (Phi) is 1.36. The summed E-state index contributed by atoms with van der Waals surface area (Å²) in [5.74, 6) is 0. The maximum absolute atomic E-state index is 4.13. The van der Waals surface area contributed by atoms with Crippen molar-refractivity contribution in [3.05, 3.63) is 24.3 Å². The average Bonchev–Trinajstić information content (AvgIpc) is 1.86. The molecule has 1 saturated heterocycles. The summed E-state index contributed by atoms with van der Waals surface area (Å²) < 4.78 is 0. The molecule has 1 aliphatic rings. The SMILES string of the molecule is c1cc(C2CCN2)ncn1. The number of aromatic nitrogens is 2. The zero-order valence-electron chi connectivity index (χ0n) is 5.62. The summed E-state index contributed by atoms with van der Waals surface area (Å²) in [7, 11) is 0. The lowest BCUT2D eigenvalue weighted by atomic mass is 10.0. The molecule has 3 heteroatoms. The van der Waals surface area contributed by atoms with Crippen LogP contribution in [0.15, 0.2) is 18.6 Å². The van der Waals surface area contributed by atoms with E-state index in [0.717, 1.165) is 12.2 Å². The highest BCUT2D eigenvalue weighted by Crippen LogP contribution is 2.18. The van der Waals surface area contributed by atoms with Crippen molar-refractivity contribution in [3.63, 3.8) is 0 Å². The monoisotopic (exact) mass is 135 g/mol. The maximum atomic E-state index is 4.13. The van der Waals surface area contributed by atoms with Gasteiger partial charge in [0, 0.05) is 6.20 Å². The van der Waals surface area contributed by atoms with E-state index in [1.807, 2.05) is 6.07 Å². The van der Waals surface area contributed by atoms with Crippen molar-refractivity contribution >= 4 is 0 Å². The zero-order valence-corrected chi connectivity index (χ0v) is 5.62. The lowest BCUT2D eigenvalue weighted by molar-refractivity contribution is 0.374. The van der Waals surface area contributed by atoms with Crippen LogP contribution in [0.2, 0.25) is 0 Å². The van der Waals surface area contributed by atoms with Crippen LogP contribution in [0, 0.1) is 0 Å². The summed E-state index contributed by atoms with van der Waals surface area (Å²) in [5, 5.41) is 3.27. The molecule has 0 saturated carbocycles. The molecule has 1 unspecified atom stereocenters. The standard InChI is InChI=1S/C7H9N3/c1-3-8-5-10-7(1)6-2-4-9-6/h1,3,5-6,9H,2,4H2. The highest BCUT2D eigenvalue weighted by atomic mass is 15.0. The molecule has 10 heavy (non-hydrogen) atoms. The van der Waals surface area contributed by atoms with Crippen LogP contribution in [-0.4, -0.2) is 16.5 Å². The molecular formula is C7H9N3. The third-order valence-corrected chi connectivity index (χ3v) is 1.79. The Morgan fingerprint density at radius 1 is 1.60 bits per heavy atom. The molecule has 1 atom stereocenters. The fourth-order valence-corrected chi connectivity index (χ4v) is 1.05. The van der Waals surface area contributed by atoms with Crippen LogP contribution in [0.4, 0.5) is 0 Å². The van der Waals surface area contributed by atoms with E-state index in [9.17, 15) is 0 Å². The minimum atomic E-state index is 0.489. The third-order valence-electron chi connectivity index (χ3n) is 1.79. The van der Waals surface area contributed by atoms with Crippen LogP contribution in [-0.2, 0) is 0 Å². The van der Waals surface area contributed by atoms with Gasteiger partial charge in [0.05, 0.1) is 11.7 Å². The topological polar surface area (TPSA) is 37.8 Å². The second-order valence-corrected chi connectivity index (χ2v) is 2.43. The molecule has 2 rings (SSSR count). The molecule has 0 aromatic carbocycles. The maximum Gasteiger partial charge on any atom is 0.115 e. The van der Waals surface area contributed by atoms with E-state index in [4.69, 9.17) is 0 Å². The second-order valence-electron chi connectivity index (χ2n) is 2.43. The largest absolute Gasteiger partial charge is 0.309 e. The Hall–Kier alpha value is -0.960. The summed E-state index contributed by atoms with van der Waals surface area (Å²) in [6.45, 7) is 1.12. The van der Waals surface area contributed by atoms with Gasteiger partial charge in [0.2, 0.25) is 0 Å². The highest BCUT2D eigenvalue weighted by molar-refractivity contribution is 5.07. The van der Waals surface area contributed by atoms with Crippen LogP contribution < -0.4 is 5.32 Å². The van der Waals surface area contributed by atoms with E-state index in [2.05, 4.69) is 15.3 Å². The normalized spacial score (nSPS) is 23.8. The van der Waals surface area contributed by atoms with Gasteiger partial charge in [-0.1, -0.05) is 0 Å². The van der Waals surface area contributed by atoms with E-state index in [1.54, 1.807) is 12.5 Å². The number of rotatable bonds is 1. The molecule has 1 aliphatic heterocycles. The van der Waals surface area contributed by atoms with Gasteiger partial charge in [0.25, 0.3) is 0 Å². The summed E-state index contributed by atoms with van der Waals surface area (Å²) in [4.78, 5) is 7.97. The van der Waals surface area contributed by atoms with Crippen molar-refractivity contribution in [1.82, 2.24) is 15.3 Å². The first kappa shape index (κ1) is 5.80. The average molecular weight is 135 g/mol. The van der Waals surface area contributed by atoms with Gasteiger partial charge in [-0.25, -0.2) is 9.97 Å². The molecule has 1 fully saturated rings. The molecule has 0 amide bonds. The Morgan fingerprint density at radius 3 is 3.00 bits per heavy atom. The number of hydrogen-bond acceptors (Lipinski definition) is 3. The van der Waals surface area contributed by atoms with E-state index >= 15 is 0 Å². The first-order chi connectivity index (χ1) is 4.97. The predicted octanol–water partition coefficient (Wildman–Crippen LogP) is 0.511. The number of nitrogens with zero attached hydrogens (tertiary/aromatic N) is 2. The summed E-state index contributed by atoms with van der Waals surface area (Å²) >= 11 is 0. The fourth-order valence-electron chi connectivity index (χ4n) is 1.05. The van der Waals surface area contributed by atoms with E-state index < -0.39 is 0 Å². The van der Waals surface area contributed by atoms with Gasteiger partial charge in [-0.2, -0.15) is 0 Å². The van der Waals surface area contributed by atoms with Crippen molar-refractivity contribution < 1.29 is 0 Å². The molecule has 0 radical (unpaired) electrons. The van der Waals surface area contributed by atoms with Crippen LogP contribution in [0.25, 0.3) is 0 Å². The molecule has 2 heterocycles. The van der Waals surface area contributed by atoms with E-state index in [0.29, 0.717) is 6.04 Å². The highest BCUT2D eigenvalue weighted by Gasteiger charge is 2.18. The zero-order chi connectivity index (χ0) is 6.81. The van der Waals surface area contributed by atoms with Gasteiger partial charge in [0.15, 0.2) is 0 Å². The summed E-state index contributed by atoms with van der Waals surface area (Å²) in [6.07, 6.45) is 4.58. The third kappa shape index (κ3) is 0.885. The molecule has 3 nitrogen and oxygen atoms in total. The van der Waals surface area contributed by atoms with Gasteiger partial charge >= 0.3 is 0 Å². The molecular weight excluding hydrogens is 126 g/mol. The lowest BCUT2D eigenvalue weighted by Crippen LogP contribution is -2.35. The van der Waals surface area contributed by atoms with E-state index in [1.165, 1.54) is 6.42 Å². The van der Waals surface area contributed by atoms with Crippen molar-refractivity contribution in [2.75, 3.05) is 6.54 Å². The molecule has 0 aliphatic carbocycles. The molecule has 52 valence electrons.